The van der Waals surface area contributed by atoms with E-state index in [1.807, 2.05) is 18.4 Å². The first-order chi connectivity index (χ1) is 4.33. The van der Waals surface area contributed by atoms with Crippen molar-refractivity contribution < 1.29 is 4.79 Å². The van der Waals surface area contributed by atoms with Crippen LogP contribution in [0.4, 0.5) is 0 Å². The number of nitrogens with zero attached hydrogens (tertiary/aromatic N) is 1. The van der Waals surface area contributed by atoms with Crippen LogP contribution in [0.1, 0.15) is 6.92 Å². The molecule has 1 fully saturated rings. The summed E-state index contributed by atoms with van der Waals surface area (Å²) in [7, 11) is 0. The van der Waals surface area contributed by atoms with Gasteiger partial charge in [-0.05, 0) is 6.92 Å². The first-order valence-electron chi connectivity index (χ1n) is 3.02. The minimum absolute atomic E-state index is 0.291. The zero-order valence-corrected chi connectivity index (χ0v) is 6.28. The minimum Gasteiger partial charge on any atom is -0.290 e. The second-order valence-corrected chi connectivity index (χ2v) is 3.10. The summed E-state index contributed by atoms with van der Waals surface area (Å²) in [5.74, 6) is 0.948. The van der Waals surface area contributed by atoms with Crippen molar-refractivity contribution in [3.05, 3.63) is 6.54 Å². The zero-order valence-electron chi connectivity index (χ0n) is 5.46. The summed E-state index contributed by atoms with van der Waals surface area (Å²) in [4.78, 5) is 12.8. The predicted octanol–water partition coefficient (Wildman–Crippen LogP) is 0.743. The number of hydrogen-bond donors (Lipinski definition) is 0. The normalized spacial score (nSPS) is 22.6. The van der Waals surface area contributed by atoms with Gasteiger partial charge in [0, 0.05) is 18.8 Å². The summed E-state index contributed by atoms with van der Waals surface area (Å²) in [5, 5.41) is 0.291. The smallest absolute Gasteiger partial charge is 0.202 e. The van der Waals surface area contributed by atoms with Crippen LogP contribution in [0.2, 0.25) is 0 Å². The van der Waals surface area contributed by atoms with E-state index in [1.54, 1.807) is 0 Å². The van der Waals surface area contributed by atoms with Gasteiger partial charge in [-0.15, -0.1) is 0 Å². The first-order valence-corrected chi connectivity index (χ1v) is 4.00. The second-order valence-electron chi connectivity index (χ2n) is 1.95. The molecule has 1 saturated heterocycles. The lowest BCUT2D eigenvalue weighted by atomic mass is 10.5. The average Bonchev–Trinajstić information content (AvgIpc) is 1.88. The Balaban J connectivity index is 2.32. The number of rotatable bonds is 1. The summed E-state index contributed by atoms with van der Waals surface area (Å²) in [6.45, 7) is 5.55. The third-order valence-electron chi connectivity index (χ3n) is 1.34. The highest BCUT2D eigenvalue weighted by atomic mass is 32.2. The number of carbonyl (C=O) groups is 1. The molecule has 9 heavy (non-hydrogen) atoms. The third-order valence-corrected chi connectivity index (χ3v) is 2.18. The van der Waals surface area contributed by atoms with Crippen LogP contribution in [0.25, 0.3) is 0 Å². The van der Waals surface area contributed by atoms with Crippen LogP contribution in [-0.4, -0.2) is 28.9 Å². The second kappa shape index (κ2) is 3.22. The number of hydrogen-bond acceptors (Lipinski definition) is 3. The molecule has 2 nitrogen and oxygen atoms in total. The summed E-state index contributed by atoms with van der Waals surface area (Å²) < 4.78 is 0. The molecular weight excluding hydrogens is 134 g/mol. The van der Waals surface area contributed by atoms with Gasteiger partial charge in [0.05, 0.1) is 6.54 Å². The van der Waals surface area contributed by atoms with E-state index in [4.69, 9.17) is 0 Å². The Hall–Kier alpha value is -0.0200. The van der Waals surface area contributed by atoms with Crippen molar-refractivity contribution in [3.63, 3.8) is 0 Å². The lowest BCUT2D eigenvalue weighted by molar-refractivity contribution is -0.112. The first kappa shape index (κ1) is 7.09. The van der Waals surface area contributed by atoms with E-state index in [1.165, 1.54) is 11.8 Å². The molecule has 0 aromatic heterocycles. The minimum atomic E-state index is 0.291. The van der Waals surface area contributed by atoms with Gasteiger partial charge in [0.2, 0.25) is 5.12 Å². The van der Waals surface area contributed by atoms with E-state index in [0.717, 1.165) is 12.3 Å². The van der Waals surface area contributed by atoms with E-state index in [2.05, 4.69) is 0 Å². The molecule has 0 aromatic carbocycles. The van der Waals surface area contributed by atoms with Crippen molar-refractivity contribution in [3.8, 4) is 0 Å². The monoisotopic (exact) mass is 144 g/mol. The van der Waals surface area contributed by atoms with Crippen LogP contribution in [-0.2, 0) is 4.79 Å². The van der Waals surface area contributed by atoms with Crippen LogP contribution < -0.4 is 0 Å². The van der Waals surface area contributed by atoms with Crippen LogP contribution >= 0.6 is 11.8 Å². The van der Waals surface area contributed by atoms with Crippen LogP contribution in [0, 0.1) is 6.54 Å². The third kappa shape index (κ3) is 1.99. The van der Waals surface area contributed by atoms with Gasteiger partial charge in [0.25, 0.3) is 0 Å². The molecule has 0 saturated carbocycles. The Bertz CT molecular complexity index is 116. The Morgan fingerprint density at radius 1 is 1.78 bits per heavy atom. The molecule has 0 unspecified atom stereocenters. The fraction of sp³-hybridized carbons (Fsp3) is 0.667. The summed E-state index contributed by atoms with van der Waals surface area (Å²) in [5.41, 5.74) is 0. The molecule has 0 bridgehead atoms. The zero-order chi connectivity index (χ0) is 6.69. The Kier molecular flexibility index (Phi) is 2.54. The van der Waals surface area contributed by atoms with Crippen LogP contribution in [0.5, 0.6) is 0 Å². The molecule has 51 valence electrons. The van der Waals surface area contributed by atoms with Gasteiger partial charge in [-0.25, -0.2) is 0 Å². The van der Waals surface area contributed by atoms with Gasteiger partial charge < -0.3 is 0 Å². The largest absolute Gasteiger partial charge is 0.290 e. The van der Waals surface area contributed by atoms with Crippen molar-refractivity contribution in [2.75, 3.05) is 18.8 Å². The Morgan fingerprint density at radius 2 is 2.56 bits per heavy atom. The molecule has 1 heterocycles. The van der Waals surface area contributed by atoms with Crippen molar-refractivity contribution in [1.82, 2.24) is 4.90 Å². The lowest BCUT2D eigenvalue weighted by Gasteiger charge is -2.22. The fourth-order valence-electron chi connectivity index (χ4n) is 0.788. The Morgan fingerprint density at radius 3 is 3.00 bits per heavy atom. The highest BCUT2D eigenvalue weighted by Gasteiger charge is 2.14. The molecule has 1 aliphatic heterocycles. The summed E-state index contributed by atoms with van der Waals surface area (Å²) in [6, 6.07) is 0. The number of carbonyl (C=O) groups excluding carboxylic acids is 1. The Labute approximate surface area is 59.6 Å². The molecule has 0 spiro atoms. The van der Waals surface area contributed by atoms with Crippen molar-refractivity contribution in [2.24, 2.45) is 0 Å². The van der Waals surface area contributed by atoms with Crippen molar-refractivity contribution in [1.29, 1.82) is 0 Å². The summed E-state index contributed by atoms with van der Waals surface area (Å²) >= 11 is 1.44. The van der Waals surface area contributed by atoms with E-state index in [9.17, 15) is 4.79 Å². The molecular formula is C6H10NOS. The molecule has 3 heteroatoms. The van der Waals surface area contributed by atoms with Gasteiger partial charge in [0.1, 0.15) is 0 Å². The van der Waals surface area contributed by atoms with Gasteiger partial charge in [-0.1, -0.05) is 11.8 Å². The van der Waals surface area contributed by atoms with Crippen molar-refractivity contribution in [2.45, 2.75) is 6.92 Å². The summed E-state index contributed by atoms with van der Waals surface area (Å²) in [6.07, 6.45) is 0. The maximum absolute atomic E-state index is 10.7. The molecule has 0 atom stereocenters. The fourth-order valence-corrected chi connectivity index (χ4v) is 1.60. The SMILES string of the molecule is C[CH]N1CCSC(=O)C1. The van der Waals surface area contributed by atoms with Gasteiger partial charge in [-0.3, -0.25) is 9.69 Å². The van der Waals surface area contributed by atoms with Gasteiger partial charge >= 0.3 is 0 Å². The average molecular weight is 144 g/mol. The molecule has 0 amide bonds. The highest BCUT2D eigenvalue weighted by Crippen LogP contribution is 2.11. The van der Waals surface area contributed by atoms with E-state index < -0.39 is 0 Å². The standard InChI is InChI=1S/C6H10NOS/c1-2-7-3-4-9-6(8)5-7/h2H,3-5H2,1H3. The van der Waals surface area contributed by atoms with Crippen LogP contribution in [0.15, 0.2) is 0 Å². The predicted molar refractivity (Wildman–Crippen MR) is 39.0 cm³/mol. The van der Waals surface area contributed by atoms with Gasteiger partial charge in [-0.2, -0.15) is 0 Å². The van der Waals surface area contributed by atoms with Gasteiger partial charge in [0.15, 0.2) is 0 Å². The highest BCUT2D eigenvalue weighted by molar-refractivity contribution is 8.13. The molecule has 1 rings (SSSR count). The molecule has 1 aliphatic rings. The van der Waals surface area contributed by atoms with E-state index >= 15 is 0 Å². The maximum Gasteiger partial charge on any atom is 0.202 e. The quantitative estimate of drug-likeness (QED) is 0.541. The number of thioether (sulfide) groups is 1. The molecule has 0 aromatic rings. The topological polar surface area (TPSA) is 20.3 Å². The van der Waals surface area contributed by atoms with Crippen molar-refractivity contribution >= 4 is 16.9 Å². The van der Waals surface area contributed by atoms with Crippen LogP contribution in [0.3, 0.4) is 0 Å². The maximum atomic E-state index is 10.7. The van der Waals surface area contributed by atoms with E-state index in [0.29, 0.717) is 11.7 Å². The molecule has 1 radical (unpaired) electrons. The lowest BCUT2D eigenvalue weighted by Crippen LogP contribution is -2.32. The van der Waals surface area contributed by atoms with E-state index in [-0.39, 0.29) is 0 Å². The molecule has 0 N–H and O–H groups in total. The molecule has 0 aliphatic carbocycles.